The van der Waals surface area contributed by atoms with Gasteiger partial charge in [-0.15, -0.1) is 0 Å². The van der Waals surface area contributed by atoms with Crippen molar-refractivity contribution in [3.05, 3.63) is 90.0 Å². The smallest absolute Gasteiger partial charge is 0.255 e. The first kappa shape index (κ1) is 21.1. The highest BCUT2D eigenvalue weighted by atomic mass is 32.2. The summed E-state index contributed by atoms with van der Waals surface area (Å²) in [5, 5.41) is 2.69. The highest BCUT2D eigenvalue weighted by Crippen LogP contribution is 2.35. The Morgan fingerprint density at radius 3 is 2.45 bits per heavy atom. The third-order valence-electron chi connectivity index (χ3n) is 5.35. The van der Waals surface area contributed by atoms with E-state index in [1.807, 2.05) is 12.1 Å². The largest absolute Gasteiger partial charge is 0.322 e. The Bertz CT molecular complexity index is 1150. The van der Waals surface area contributed by atoms with Gasteiger partial charge in [-0.1, -0.05) is 12.5 Å². The summed E-state index contributed by atoms with van der Waals surface area (Å²) in [4.78, 5) is 16.6. The van der Waals surface area contributed by atoms with Crippen LogP contribution in [-0.4, -0.2) is 30.2 Å². The van der Waals surface area contributed by atoms with Gasteiger partial charge in [-0.05, 0) is 73.0 Å². The molecule has 1 atom stereocenters. The minimum atomic E-state index is -3.71. The number of aromatic nitrogens is 1. The van der Waals surface area contributed by atoms with Crippen LogP contribution in [0.25, 0.3) is 0 Å². The summed E-state index contributed by atoms with van der Waals surface area (Å²) < 4.78 is 41.2. The first-order chi connectivity index (χ1) is 14.9. The molecule has 1 saturated heterocycles. The molecule has 8 heteroatoms. The molecule has 1 aromatic heterocycles. The number of anilines is 1. The Balaban J connectivity index is 1.53. The molecule has 0 spiro atoms. The van der Waals surface area contributed by atoms with Crippen LogP contribution < -0.4 is 5.32 Å². The molecular weight excluding hydrogens is 417 g/mol. The Hall–Kier alpha value is -3.10. The van der Waals surface area contributed by atoms with E-state index >= 15 is 0 Å². The minimum Gasteiger partial charge on any atom is -0.322 e. The number of hydrogen-bond acceptors (Lipinski definition) is 4. The lowest BCUT2D eigenvalue weighted by Crippen LogP contribution is -2.38. The van der Waals surface area contributed by atoms with Crippen molar-refractivity contribution in [1.82, 2.24) is 9.29 Å². The van der Waals surface area contributed by atoms with Crippen LogP contribution in [0.15, 0.2) is 78.0 Å². The highest BCUT2D eigenvalue weighted by molar-refractivity contribution is 7.89. The molecule has 1 aliphatic heterocycles. The molecule has 2 aromatic carbocycles. The van der Waals surface area contributed by atoms with E-state index in [0.717, 1.165) is 24.8 Å². The molecule has 4 rings (SSSR count). The Labute approximate surface area is 180 Å². The highest BCUT2D eigenvalue weighted by Gasteiger charge is 2.34. The number of halogens is 1. The lowest BCUT2D eigenvalue weighted by Gasteiger charge is -2.34. The van der Waals surface area contributed by atoms with E-state index in [9.17, 15) is 17.6 Å². The molecule has 6 nitrogen and oxygen atoms in total. The number of pyridine rings is 1. The molecule has 0 radical (unpaired) electrons. The summed E-state index contributed by atoms with van der Waals surface area (Å²) in [5.41, 5.74) is 1.65. The maximum atomic E-state index is 13.3. The summed E-state index contributed by atoms with van der Waals surface area (Å²) in [6.07, 6.45) is 5.90. The number of rotatable bonds is 5. The molecule has 31 heavy (non-hydrogen) atoms. The van der Waals surface area contributed by atoms with Crippen molar-refractivity contribution in [2.75, 3.05) is 11.9 Å². The Morgan fingerprint density at radius 1 is 1.03 bits per heavy atom. The van der Waals surface area contributed by atoms with E-state index in [1.165, 1.54) is 36.4 Å². The van der Waals surface area contributed by atoms with Crippen molar-refractivity contribution in [2.24, 2.45) is 0 Å². The van der Waals surface area contributed by atoms with E-state index < -0.39 is 21.7 Å². The summed E-state index contributed by atoms with van der Waals surface area (Å²) in [5.74, 6) is -0.823. The average Bonchev–Trinajstić information content (AvgIpc) is 2.80. The molecule has 2 heterocycles. The van der Waals surface area contributed by atoms with Gasteiger partial charge in [-0.3, -0.25) is 9.78 Å². The molecule has 1 N–H and O–H groups in total. The normalized spacial score (nSPS) is 17.3. The topological polar surface area (TPSA) is 79.4 Å². The third kappa shape index (κ3) is 4.65. The molecule has 1 fully saturated rings. The number of piperidine rings is 1. The van der Waals surface area contributed by atoms with Gasteiger partial charge in [0.2, 0.25) is 10.0 Å². The number of benzene rings is 2. The summed E-state index contributed by atoms with van der Waals surface area (Å²) in [6, 6.07) is 14.8. The van der Waals surface area contributed by atoms with E-state index in [-0.39, 0.29) is 10.9 Å². The van der Waals surface area contributed by atoms with Crippen molar-refractivity contribution < 1.29 is 17.6 Å². The van der Waals surface area contributed by atoms with Crippen LogP contribution in [0.5, 0.6) is 0 Å². The second-order valence-corrected chi connectivity index (χ2v) is 9.29. The Morgan fingerprint density at radius 2 is 1.77 bits per heavy atom. The van der Waals surface area contributed by atoms with Crippen molar-refractivity contribution >= 4 is 21.6 Å². The molecule has 1 aliphatic rings. The van der Waals surface area contributed by atoms with Crippen LogP contribution >= 0.6 is 0 Å². The van der Waals surface area contributed by atoms with Crippen LogP contribution in [0.2, 0.25) is 0 Å². The number of nitrogens with zero attached hydrogens (tertiary/aromatic N) is 2. The van der Waals surface area contributed by atoms with Gasteiger partial charge in [-0.2, -0.15) is 4.31 Å². The SMILES string of the molecule is O=C(Nc1ccc(S(=O)(=O)N2CCCC[C@@H]2c2cccnc2)cc1)c1ccc(F)cc1. The lowest BCUT2D eigenvalue weighted by atomic mass is 9.99. The van der Waals surface area contributed by atoms with Gasteiger partial charge in [0.05, 0.1) is 10.9 Å². The first-order valence-electron chi connectivity index (χ1n) is 10.0. The van der Waals surface area contributed by atoms with Gasteiger partial charge in [0, 0.05) is 30.2 Å². The first-order valence-corrected chi connectivity index (χ1v) is 11.5. The van der Waals surface area contributed by atoms with Crippen LogP contribution in [0.1, 0.15) is 41.2 Å². The zero-order chi connectivity index (χ0) is 21.8. The monoisotopic (exact) mass is 439 g/mol. The molecule has 0 bridgehead atoms. The number of hydrogen-bond donors (Lipinski definition) is 1. The van der Waals surface area contributed by atoms with Gasteiger partial charge >= 0.3 is 0 Å². The zero-order valence-electron chi connectivity index (χ0n) is 16.7. The summed E-state index contributed by atoms with van der Waals surface area (Å²) in [7, 11) is -3.71. The number of amides is 1. The second kappa shape index (κ2) is 8.95. The summed E-state index contributed by atoms with van der Waals surface area (Å²) >= 11 is 0. The maximum absolute atomic E-state index is 13.3. The number of carbonyl (C=O) groups excluding carboxylic acids is 1. The maximum Gasteiger partial charge on any atom is 0.255 e. The molecule has 1 amide bonds. The standard InChI is InChI=1S/C23H22FN3O3S/c24-19-8-6-17(7-9-19)23(28)26-20-10-12-21(13-11-20)31(29,30)27-15-2-1-5-22(27)18-4-3-14-25-16-18/h3-4,6-14,16,22H,1-2,5,15H2,(H,26,28)/t22-/m1/s1. The molecule has 160 valence electrons. The second-order valence-electron chi connectivity index (χ2n) is 7.40. The summed E-state index contributed by atoms with van der Waals surface area (Å²) in [6.45, 7) is 0.449. The molecule has 0 saturated carbocycles. The molecule has 0 aliphatic carbocycles. The van der Waals surface area contributed by atoms with Crippen LogP contribution in [0, 0.1) is 5.82 Å². The van der Waals surface area contributed by atoms with Crippen LogP contribution in [0.4, 0.5) is 10.1 Å². The van der Waals surface area contributed by atoms with Crippen molar-refractivity contribution in [1.29, 1.82) is 0 Å². The predicted octanol–water partition coefficient (Wildman–Crippen LogP) is 4.39. The average molecular weight is 440 g/mol. The van der Waals surface area contributed by atoms with E-state index in [4.69, 9.17) is 0 Å². The Kier molecular flexibility index (Phi) is 6.11. The molecule has 0 unspecified atom stereocenters. The minimum absolute atomic E-state index is 0.170. The van der Waals surface area contributed by atoms with Crippen molar-refractivity contribution in [2.45, 2.75) is 30.2 Å². The van der Waals surface area contributed by atoms with Crippen LogP contribution in [0.3, 0.4) is 0 Å². The fraction of sp³-hybridized carbons (Fsp3) is 0.217. The van der Waals surface area contributed by atoms with E-state index in [1.54, 1.807) is 28.8 Å². The van der Waals surface area contributed by atoms with E-state index in [0.29, 0.717) is 17.8 Å². The third-order valence-corrected chi connectivity index (χ3v) is 7.27. The van der Waals surface area contributed by atoms with Crippen LogP contribution in [-0.2, 0) is 10.0 Å². The van der Waals surface area contributed by atoms with Gasteiger partial charge < -0.3 is 5.32 Å². The number of sulfonamides is 1. The fourth-order valence-corrected chi connectivity index (χ4v) is 5.43. The van der Waals surface area contributed by atoms with Gasteiger partial charge in [-0.25, -0.2) is 12.8 Å². The number of carbonyl (C=O) groups is 1. The van der Waals surface area contributed by atoms with Crippen molar-refractivity contribution in [3.63, 3.8) is 0 Å². The quantitative estimate of drug-likeness (QED) is 0.640. The van der Waals surface area contributed by atoms with Crippen molar-refractivity contribution in [3.8, 4) is 0 Å². The molecule has 3 aromatic rings. The fourth-order valence-electron chi connectivity index (χ4n) is 3.75. The number of nitrogens with one attached hydrogen (secondary N) is 1. The predicted molar refractivity (Wildman–Crippen MR) is 116 cm³/mol. The van der Waals surface area contributed by atoms with Gasteiger partial charge in [0.1, 0.15) is 5.82 Å². The molecular formula is C23H22FN3O3S. The lowest BCUT2D eigenvalue weighted by molar-refractivity contribution is 0.102. The van der Waals surface area contributed by atoms with Gasteiger partial charge in [0.25, 0.3) is 5.91 Å². The zero-order valence-corrected chi connectivity index (χ0v) is 17.6. The van der Waals surface area contributed by atoms with E-state index in [2.05, 4.69) is 10.3 Å². The van der Waals surface area contributed by atoms with Gasteiger partial charge in [0.15, 0.2) is 0 Å².